The largest absolute Gasteiger partial charge is 0.411 e. The van der Waals surface area contributed by atoms with E-state index in [0.717, 1.165) is 18.4 Å². The van der Waals surface area contributed by atoms with Crippen molar-refractivity contribution in [1.29, 1.82) is 0 Å². The highest BCUT2D eigenvalue weighted by atomic mass is 19.4. The average molecular weight is 260 g/mol. The minimum absolute atomic E-state index is 0.372. The van der Waals surface area contributed by atoms with Crippen LogP contribution in [-0.2, 0) is 11.2 Å². The number of hydrogen-bond donors (Lipinski definition) is 0. The lowest BCUT2D eigenvalue weighted by atomic mass is 10.1. The molecule has 0 radical (unpaired) electrons. The van der Waals surface area contributed by atoms with Crippen LogP contribution in [0.3, 0.4) is 0 Å². The number of alkyl halides is 3. The van der Waals surface area contributed by atoms with E-state index in [1.54, 1.807) is 24.3 Å². The summed E-state index contributed by atoms with van der Waals surface area (Å²) in [6.07, 6.45) is -2.48. The maximum atomic E-state index is 11.8. The van der Waals surface area contributed by atoms with Gasteiger partial charge in [-0.15, -0.1) is 0 Å². The predicted octanol–water partition coefficient (Wildman–Crippen LogP) is 3.40. The van der Waals surface area contributed by atoms with Gasteiger partial charge in [-0.05, 0) is 12.0 Å². The molecule has 0 aliphatic carbocycles. The van der Waals surface area contributed by atoms with Crippen LogP contribution >= 0.6 is 0 Å². The molecular formula is C13H15F3O2. The zero-order valence-electron chi connectivity index (χ0n) is 10.1. The Kier molecular flexibility index (Phi) is 5.34. The van der Waals surface area contributed by atoms with Crippen molar-refractivity contribution >= 4 is 5.78 Å². The van der Waals surface area contributed by atoms with Crippen molar-refractivity contribution < 1.29 is 22.7 Å². The molecule has 0 N–H and O–H groups in total. The minimum Gasteiger partial charge on any atom is -0.364 e. The van der Waals surface area contributed by atoms with Crippen LogP contribution in [0.5, 0.6) is 0 Å². The molecule has 0 aromatic heterocycles. The summed E-state index contributed by atoms with van der Waals surface area (Å²) >= 11 is 0. The molecule has 18 heavy (non-hydrogen) atoms. The second-order valence-electron chi connectivity index (χ2n) is 3.98. The number of rotatable bonds is 6. The second-order valence-corrected chi connectivity index (χ2v) is 3.98. The molecule has 0 amide bonds. The Bertz CT molecular complexity index is 382. The fourth-order valence-electron chi connectivity index (χ4n) is 1.49. The number of Topliss-reactive ketones (excluding diaryl/α,β-unsaturated/α-hetero) is 1. The smallest absolute Gasteiger partial charge is 0.364 e. The molecule has 5 heteroatoms. The lowest BCUT2D eigenvalue weighted by molar-refractivity contribution is -0.170. The Hall–Kier alpha value is -1.36. The van der Waals surface area contributed by atoms with E-state index in [2.05, 4.69) is 4.74 Å². The fraction of sp³-hybridized carbons (Fsp3) is 0.462. The zero-order valence-corrected chi connectivity index (χ0v) is 10.1. The van der Waals surface area contributed by atoms with Gasteiger partial charge in [0.2, 0.25) is 0 Å². The number of ketones is 1. The van der Waals surface area contributed by atoms with Crippen LogP contribution in [-0.4, -0.2) is 25.2 Å². The molecule has 0 heterocycles. The lowest BCUT2D eigenvalue weighted by Crippen LogP contribution is -2.20. The van der Waals surface area contributed by atoms with Crippen LogP contribution in [0.4, 0.5) is 13.2 Å². The van der Waals surface area contributed by atoms with E-state index in [4.69, 9.17) is 0 Å². The zero-order chi connectivity index (χ0) is 13.6. The van der Waals surface area contributed by atoms with E-state index in [-0.39, 0.29) is 0 Å². The summed E-state index contributed by atoms with van der Waals surface area (Å²) in [5.41, 5.74) is 1.47. The van der Waals surface area contributed by atoms with Crippen LogP contribution in [0.25, 0.3) is 0 Å². The number of carbonyl (C=O) groups is 1. The normalized spacial score (nSPS) is 11.6. The SMILES string of the molecule is CCCc1ccc(C(=O)COCC(F)(F)F)cc1. The first-order valence-corrected chi connectivity index (χ1v) is 5.69. The maximum absolute atomic E-state index is 11.8. The van der Waals surface area contributed by atoms with Gasteiger partial charge in [0, 0.05) is 5.56 Å². The van der Waals surface area contributed by atoms with Gasteiger partial charge in [-0.25, -0.2) is 0 Å². The molecule has 0 saturated heterocycles. The predicted molar refractivity (Wildman–Crippen MR) is 61.6 cm³/mol. The van der Waals surface area contributed by atoms with Gasteiger partial charge in [-0.2, -0.15) is 13.2 Å². The van der Waals surface area contributed by atoms with E-state index in [9.17, 15) is 18.0 Å². The number of carbonyl (C=O) groups excluding carboxylic acids is 1. The van der Waals surface area contributed by atoms with Gasteiger partial charge in [0.1, 0.15) is 13.2 Å². The Morgan fingerprint density at radius 1 is 1.22 bits per heavy atom. The first kappa shape index (κ1) is 14.7. The molecule has 0 saturated carbocycles. The van der Waals surface area contributed by atoms with Crippen LogP contribution in [0.1, 0.15) is 29.3 Å². The van der Waals surface area contributed by atoms with E-state index < -0.39 is 25.2 Å². The summed E-state index contributed by atoms with van der Waals surface area (Å²) in [5, 5.41) is 0. The minimum atomic E-state index is -4.40. The average Bonchev–Trinajstić information content (AvgIpc) is 2.28. The van der Waals surface area contributed by atoms with Crippen molar-refractivity contribution in [2.24, 2.45) is 0 Å². The molecule has 1 aromatic rings. The Morgan fingerprint density at radius 3 is 2.33 bits per heavy atom. The van der Waals surface area contributed by atoms with Gasteiger partial charge in [-0.1, -0.05) is 37.6 Å². The van der Waals surface area contributed by atoms with Crippen molar-refractivity contribution in [3.8, 4) is 0 Å². The summed E-state index contributed by atoms with van der Waals surface area (Å²) in [5.74, 6) is -0.442. The molecule has 0 spiro atoms. The van der Waals surface area contributed by atoms with E-state index in [1.807, 2.05) is 6.92 Å². The molecular weight excluding hydrogens is 245 g/mol. The van der Waals surface area contributed by atoms with Crippen molar-refractivity contribution in [2.45, 2.75) is 25.9 Å². The topological polar surface area (TPSA) is 26.3 Å². The van der Waals surface area contributed by atoms with E-state index in [1.165, 1.54) is 0 Å². The number of benzene rings is 1. The Labute approximate surface area is 104 Å². The molecule has 0 unspecified atom stereocenters. The van der Waals surface area contributed by atoms with Crippen LogP contribution in [0.15, 0.2) is 24.3 Å². The van der Waals surface area contributed by atoms with Gasteiger partial charge in [-0.3, -0.25) is 4.79 Å². The van der Waals surface area contributed by atoms with Crippen LogP contribution < -0.4 is 0 Å². The standard InChI is InChI=1S/C13H15F3O2/c1-2-3-10-4-6-11(7-5-10)12(17)8-18-9-13(14,15)16/h4-7H,2-3,8-9H2,1H3. The molecule has 0 bridgehead atoms. The Morgan fingerprint density at radius 2 is 1.83 bits per heavy atom. The molecule has 0 atom stereocenters. The second kappa shape index (κ2) is 6.54. The number of ether oxygens (including phenoxy) is 1. The third-order valence-electron chi connectivity index (χ3n) is 2.31. The molecule has 0 aliphatic heterocycles. The number of hydrogen-bond acceptors (Lipinski definition) is 2. The maximum Gasteiger partial charge on any atom is 0.411 e. The van der Waals surface area contributed by atoms with Gasteiger partial charge in [0.05, 0.1) is 0 Å². The highest BCUT2D eigenvalue weighted by molar-refractivity contribution is 5.97. The van der Waals surface area contributed by atoms with E-state index >= 15 is 0 Å². The van der Waals surface area contributed by atoms with Crippen molar-refractivity contribution in [2.75, 3.05) is 13.2 Å². The van der Waals surface area contributed by atoms with Crippen LogP contribution in [0.2, 0.25) is 0 Å². The third kappa shape index (κ3) is 5.31. The summed E-state index contributed by atoms with van der Waals surface area (Å²) in [6.45, 7) is 0.101. The monoisotopic (exact) mass is 260 g/mol. The first-order chi connectivity index (χ1) is 8.42. The third-order valence-corrected chi connectivity index (χ3v) is 2.31. The first-order valence-electron chi connectivity index (χ1n) is 5.69. The van der Waals surface area contributed by atoms with Crippen molar-refractivity contribution in [1.82, 2.24) is 0 Å². The molecule has 0 aliphatic rings. The Balaban J connectivity index is 2.46. The van der Waals surface area contributed by atoms with E-state index in [0.29, 0.717) is 5.56 Å². The fourth-order valence-corrected chi connectivity index (χ4v) is 1.49. The molecule has 100 valence electrons. The van der Waals surface area contributed by atoms with Crippen molar-refractivity contribution in [3.05, 3.63) is 35.4 Å². The van der Waals surface area contributed by atoms with Crippen LogP contribution in [0, 0.1) is 0 Å². The quantitative estimate of drug-likeness (QED) is 0.733. The summed E-state index contributed by atoms with van der Waals surface area (Å²) in [6, 6.07) is 6.84. The highest BCUT2D eigenvalue weighted by Gasteiger charge is 2.27. The molecule has 1 rings (SSSR count). The summed E-state index contributed by atoms with van der Waals surface area (Å²) < 4.78 is 39.7. The number of aryl methyl sites for hydroxylation is 1. The molecule has 1 aromatic carbocycles. The highest BCUT2D eigenvalue weighted by Crippen LogP contribution is 2.14. The van der Waals surface area contributed by atoms with Crippen molar-refractivity contribution in [3.63, 3.8) is 0 Å². The van der Waals surface area contributed by atoms with Gasteiger partial charge < -0.3 is 4.74 Å². The molecule has 2 nitrogen and oxygen atoms in total. The van der Waals surface area contributed by atoms with Gasteiger partial charge >= 0.3 is 6.18 Å². The summed E-state index contributed by atoms with van der Waals surface area (Å²) in [4.78, 5) is 11.5. The summed E-state index contributed by atoms with van der Waals surface area (Å²) in [7, 11) is 0. The molecule has 0 fully saturated rings. The lowest BCUT2D eigenvalue weighted by Gasteiger charge is -2.07. The number of halogens is 3. The van der Waals surface area contributed by atoms with Gasteiger partial charge in [0.15, 0.2) is 5.78 Å². The van der Waals surface area contributed by atoms with Gasteiger partial charge in [0.25, 0.3) is 0 Å².